The van der Waals surface area contributed by atoms with E-state index in [0.29, 0.717) is 31.1 Å². The molecule has 0 radical (unpaired) electrons. The molecular weight excluding hydrogens is 476 g/mol. The number of ketones is 1. The molecule has 0 saturated heterocycles. The van der Waals surface area contributed by atoms with Crippen LogP contribution in [0, 0.1) is 11.8 Å². The van der Waals surface area contributed by atoms with Crippen LogP contribution in [0.25, 0.3) is 0 Å². The number of carbonyl (C=O) groups excluding carboxylic acids is 3. The number of amides is 2. The maximum absolute atomic E-state index is 13.3. The van der Waals surface area contributed by atoms with Crippen LogP contribution in [0.5, 0.6) is 0 Å². The Labute approximate surface area is 218 Å². The Hall–Kier alpha value is -2.74. The number of ether oxygens (including phenoxy) is 1. The third kappa shape index (κ3) is 9.04. The fourth-order valence-electron chi connectivity index (χ4n) is 4.35. The van der Waals surface area contributed by atoms with E-state index in [1.807, 2.05) is 56.3 Å². The number of hydrogen-bond acceptors (Lipinski definition) is 6. The van der Waals surface area contributed by atoms with E-state index in [4.69, 9.17) is 9.15 Å². The van der Waals surface area contributed by atoms with Gasteiger partial charge in [-0.2, -0.15) is 0 Å². The second-order valence-corrected chi connectivity index (χ2v) is 10.5. The predicted molar refractivity (Wildman–Crippen MR) is 142 cm³/mol. The fourth-order valence-corrected chi connectivity index (χ4v) is 5.22. The van der Waals surface area contributed by atoms with Crippen LogP contribution in [0.3, 0.4) is 0 Å². The molecule has 0 aliphatic heterocycles. The Kier molecular flexibility index (Phi) is 11.4. The number of benzene rings is 1. The van der Waals surface area contributed by atoms with Gasteiger partial charge in [0.2, 0.25) is 5.91 Å². The highest BCUT2D eigenvalue weighted by Gasteiger charge is 2.30. The molecule has 1 aliphatic rings. The number of alkyl carbamates (subject to hydrolysis) is 1. The molecule has 2 amide bonds. The first-order valence-corrected chi connectivity index (χ1v) is 14.0. The van der Waals surface area contributed by atoms with E-state index in [-0.39, 0.29) is 23.4 Å². The van der Waals surface area contributed by atoms with Crippen molar-refractivity contribution in [2.75, 3.05) is 12.4 Å². The van der Waals surface area contributed by atoms with E-state index in [2.05, 4.69) is 10.6 Å². The van der Waals surface area contributed by atoms with Crippen molar-refractivity contribution in [1.82, 2.24) is 10.6 Å². The van der Waals surface area contributed by atoms with Crippen molar-refractivity contribution >= 4 is 29.5 Å². The normalized spacial score (nSPS) is 16.2. The predicted octanol–water partition coefficient (Wildman–Crippen LogP) is 5.14. The van der Waals surface area contributed by atoms with Gasteiger partial charge in [0.15, 0.2) is 5.78 Å². The highest BCUT2D eigenvalue weighted by Crippen LogP contribution is 2.24. The number of nitrogens with one attached hydrogen (secondary N) is 2. The summed E-state index contributed by atoms with van der Waals surface area (Å²) in [5, 5.41) is 5.69. The first-order valence-electron chi connectivity index (χ1n) is 12.9. The molecule has 8 heteroatoms. The van der Waals surface area contributed by atoms with Gasteiger partial charge in [0, 0.05) is 0 Å². The van der Waals surface area contributed by atoms with E-state index in [9.17, 15) is 14.4 Å². The molecule has 1 heterocycles. The van der Waals surface area contributed by atoms with E-state index < -0.39 is 18.2 Å². The molecule has 1 unspecified atom stereocenters. The van der Waals surface area contributed by atoms with Crippen molar-refractivity contribution in [3.05, 3.63) is 60.1 Å². The summed E-state index contributed by atoms with van der Waals surface area (Å²) in [7, 11) is 0. The standard InChI is InChI=1S/C28H38N2O5S/c1-3-20(2)26(30-28(33)35-17-22-12-7-8-13-22)27(32)29-24(16-21-10-5-4-6-11-21)25(31)19-36-18-23-14-9-15-34-23/h4-6,9-11,14-15,20,22,24,26H,3,7-8,12-13,16-19H2,1-2H3,(H,29,32)(H,30,33)/t20?,24-,26-/m0/s1. The fraction of sp³-hybridized carbons (Fsp3) is 0.536. The molecule has 7 nitrogen and oxygen atoms in total. The zero-order chi connectivity index (χ0) is 25.8. The van der Waals surface area contributed by atoms with Crippen LogP contribution < -0.4 is 10.6 Å². The van der Waals surface area contributed by atoms with E-state index in [1.54, 1.807) is 6.26 Å². The molecule has 1 fully saturated rings. The number of Topliss-reactive ketones (excluding diaryl/α,β-unsaturated/α-hetero) is 1. The van der Waals surface area contributed by atoms with Gasteiger partial charge in [-0.15, -0.1) is 11.8 Å². The Morgan fingerprint density at radius 2 is 1.83 bits per heavy atom. The Morgan fingerprint density at radius 3 is 2.50 bits per heavy atom. The molecule has 36 heavy (non-hydrogen) atoms. The second kappa shape index (κ2) is 14.7. The van der Waals surface area contributed by atoms with Crippen LogP contribution in [0.15, 0.2) is 53.1 Å². The molecule has 0 bridgehead atoms. The van der Waals surface area contributed by atoms with E-state index >= 15 is 0 Å². The molecule has 0 spiro atoms. The second-order valence-electron chi connectivity index (χ2n) is 9.55. The number of rotatable bonds is 14. The molecular formula is C28H38N2O5S. The maximum atomic E-state index is 13.3. The Balaban J connectivity index is 1.62. The van der Waals surface area contributed by atoms with Gasteiger partial charge >= 0.3 is 6.09 Å². The van der Waals surface area contributed by atoms with Crippen LogP contribution in [-0.2, 0) is 26.5 Å². The maximum Gasteiger partial charge on any atom is 0.407 e. The summed E-state index contributed by atoms with van der Waals surface area (Å²) in [5.41, 5.74) is 0.955. The van der Waals surface area contributed by atoms with Crippen molar-refractivity contribution in [1.29, 1.82) is 0 Å². The number of carbonyl (C=O) groups is 3. The molecule has 1 aromatic carbocycles. The van der Waals surface area contributed by atoms with Gasteiger partial charge in [0.25, 0.3) is 0 Å². The minimum atomic E-state index is -0.784. The summed E-state index contributed by atoms with van der Waals surface area (Å²) in [5.74, 6) is 1.46. The molecule has 2 N–H and O–H groups in total. The van der Waals surface area contributed by atoms with Crippen LogP contribution in [0.4, 0.5) is 4.79 Å². The van der Waals surface area contributed by atoms with Crippen LogP contribution in [0.1, 0.15) is 57.3 Å². The summed E-state index contributed by atoms with van der Waals surface area (Å²) in [6, 6.07) is 11.8. The van der Waals surface area contributed by atoms with Crippen molar-refractivity contribution in [3.8, 4) is 0 Å². The number of thioether (sulfide) groups is 1. The Bertz CT molecular complexity index is 944. The molecule has 1 saturated carbocycles. The van der Waals surface area contributed by atoms with Gasteiger partial charge in [0.1, 0.15) is 11.8 Å². The van der Waals surface area contributed by atoms with Crippen molar-refractivity contribution in [3.63, 3.8) is 0 Å². The van der Waals surface area contributed by atoms with E-state index in [1.165, 1.54) is 24.6 Å². The largest absolute Gasteiger partial charge is 0.468 e. The molecule has 3 atom stereocenters. The minimum Gasteiger partial charge on any atom is -0.468 e. The lowest BCUT2D eigenvalue weighted by molar-refractivity contribution is -0.128. The molecule has 3 rings (SSSR count). The smallest absolute Gasteiger partial charge is 0.407 e. The van der Waals surface area contributed by atoms with Crippen molar-refractivity contribution in [2.45, 2.75) is 70.2 Å². The van der Waals surface area contributed by atoms with Crippen LogP contribution >= 0.6 is 11.8 Å². The SMILES string of the molecule is CCC(C)[C@H](NC(=O)OCC1CCCC1)C(=O)N[C@@H](Cc1ccccc1)C(=O)CSCc1ccco1. The van der Waals surface area contributed by atoms with Crippen LogP contribution in [-0.4, -0.2) is 42.2 Å². The third-order valence-electron chi connectivity index (χ3n) is 6.75. The summed E-state index contributed by atoms with van der Waals surface area (Å²) in [6.45, 7) is 4.26. The quantitative estimate of drug-likeness (QED) is 0.362. The summed E-state index contributed by atoms with van der Waals surface area (Å²) in [6.07, 6.45) is 6.59. The summed E-state index contributed by atoms with van der Waals surface area (Å²) >= 11 is 1.45. The lowest BCUT2D eigenvalue weighted by atomic mass is 9.97. The molecule has 1 aliphatic carbocycles. The highest BCUT2D eigenvalue weighted by atomic mass is 32.2. The Morgan fingerprint density at radius 1 is 1.08 bits per heavy atom. The van der Waals surface area contributed by atoms with E-state index in [0.717, 1.165) is 24.2 Å². The summed E-state index contributed by atoms with van der Waals surface area (Å²) in [4.78, 5) is 39.0. The monoisotopic (exact) mass is 514 g/mol. The zero-order valence-electron chi connectivity index (χ0n) is 21.2. The van der Waals surface area contributed by atoms with Crippen molar-refractivity contribution in [2.24, 2.45) is 11.8 Å². The van der Waals surface area contributed by atoms with Gasteiger partial charge in [-0.05, 0) is 48.8 Å². The zero-order valence-corrected chi connectivity index (χ0v) is 22.1. The van der Waals surface area contributed by atoms with Gasteiger partial charge in [0.05, 0.1) is 30.4 Å². The summed E-state index contributed by atoms with van der Waals surface area (Å²) < 4.78 is 10.8. The van der Waals surface area contributed by atoms with Crippen molar-refractivity contribution < 1.29 is 23.5 Å². The topological polar surface area (TPSA) is 97.6 Å². The first kappa shape index (κ1) is 27.8. The van der Waals surface area contributed by atoms with Gasteiger partial charge in [-0.1, -0.05) is 63.4 Å². The van der Waals surface area contributed by atoms with Gasteiger partial charge in [-0.3, -0.25) is 9.59 Å². The van der Waals surface area contributed by atoms with Gasteiger partial charge in [-0.25, -0.2) is 4.79 Å². The first-order chi connectivity index (χ1) is 17.5. The highest BCUT2D eigenvalue weighted by molar-refractivity contribution is 7.99. The molecule has 2 aromatic rings. The number of hydrogen-bond donors (Lipinski definition) is 2. The molecule has 1 aromatic heterocycles. The molecule has 196 valence electrons. The minimum absolute atomic E-state index is 0.0736. The average Bonchev–Trinajstić information content (AvgIpc) is 3.60. The lowest BCUT2D eigenvalue weighted by Gasteiger charge is -2.26. The average molecular weight is 515 g/mol. The van der Waals surface area contributed by atoms with Crippen LogP contribution in [0.2, 0.25) is 0 Å². The lowest BCUT2D eigenvalue weighted by Crippen LogP contribution is -2.55. The number of furan rings is 1. The van der Waals surface area contributed by atoms with Gasteiger partial charge < -0.3 is 19.8 Å². The third-order valence-corrected chi connectivity index (χ3v) is 7.73.